The van der Waals surface area contributed by atoms with Crippen LogP contribution in [-0.2, 0) is 13.6 Å². The van der Waals surface area contributed by atoms with E-state index in [1.807, 2.05) is 37.6 Å². The van der Waals surface area contributed by atoms with Crippen molar-refractivity contribution in [1.29, 1.82) is 0 Å². The van der Waals surface area contributed by atoms with E-state index in [0.29, 0.717) is 24.1 Å². The highest BCUT2D eigenvalue weighted by atomic mass is 16.5. The molecule has 0 spiro atoms. The van der Waals surface area contributed by atoms with Crippen LogP contribution in [0.1, 0.15) is 11.4 Å². The van der Waals surface area contributed by atoms with Gasteiger partial charge in [0.2, 0.25) is 0 Å². The lowest BCUT2D eigenvalue weighted by molar-refractivity contribution is 0.425. The first-order valence-corrected chi connectivity index (χ1v) is 8.26. The van der Waals surface area contributed by atoms with Crippen LogP contribution in [0.2, 0.25) is 0 Å². The van der Waals surface area contributed by atoms with Gasteiger partial charge in [0.15, 0.2) is 5.82 Å². The van der Waals surface area contributed by atoms with Crippen molar-refractivity contribution in [3.8, 4) is 22.6 Å². The molecule has 1 N–H and O–H groups in total. The Morgan fingerprint density at radius 2 is 2.08 bits per heavy atom. The largest absolute Gasteiger partial charge is 0.365 e. The smallest absolute Gasteiger partial charge is 0.261 e. The fraction of sp³-hybridized carbons (Fsp3) is 0.158. The van der Waals surface area contributed by atoms with Crippen molar-refractivity contribution in [3.05, 3.63) is 66.4 Å². The van der Waals surface area contributed by atoms with E-state index in [0.717, 1.165) is 22.3 Å². The minimum atomic E-state index is 0.460. The van der Waals surface area contributed by atoms with Crippen molar-refractivity contribution in [3.63, 3.8) is 0 Å². The molecule has 4 aromatic rings. The number of hydrogen-bond acceptors (Lipinski definition) is 6. The van der Waals surface area contributed by atoms with Crippen molar-refractivity contribution >= 4 is 5.82 Å². The van der Waals surface area contributed by atoms with Crippen molar-refractivity contribution in [2.45, 2.75) is 13.5 Å². The van der Waals surface area contributed by atoms with Gasteiger partial charge in [0.1, 0.15) is 5.82 Å². The molecule has 7 nitrogen and oxygen atoms in total. The zero-order valence-corrected chi connectivity index (χ0v) is 14.5. The summed E-state index contributed by atoms with van der Waals surface area (Å²) in [6.07, 6.45) is 5.60. The highest BCUT2D eigenvalue weighted by Crippen LogP contribution is 2.25. The van der Waals surface area contributed by atoms with Crippen LogP contribution < -0.4 is 5.32 Å². The number of anilines is 1. The number of nitrogens with one attached hydrogen (secondary N) is 1. The van der Waals surface area contributed by atoms with Crippen molar-refractivity contribution in [1.82, 2.24) is 24.9 Å². The Bertz CT molecular complexity index is 1040. The van der Waals surface area contributed by atoms with Crippen LogP contribution in [0.25, 0.3) is 22.6 Å². The molecule has 0 saturated carbocycles. The van der Waals surface area contributed by atoms with Crippen LogP contribution in [-0.4, -0.2) is 24.9 Å². The quantitative estimate of drug-likeness (QED) is 0.596. The SMILES string of the molecule is Cc1noc(-c2cccnc2NCc2cccc(-c3cnn(C)c3)c2)n1. The second-order valence-electron chi connectivity index (χ2n) is 6.00. The minimum absolute atomic E-state index is 0.460. The van der Waals surface area contributed by atoms with Crippen LogP contribution in [0.3, 0.4) is 0 Å². The number of aromatic nitrogens is 5. The first-order chi connectivity index (χ1) is 12.7. The van der Waals surface area contributed by atoms with Gasteiger partial charge >= 0.3 is 0 Å². The van der Waals surface area contributed by atoms with E-state index in [-0.39, 0.29) is 0 Å². The molecule has 0 radical (unpaired) electrons. The molecular formula is C19H18N6O. The topological polar surface area (TPSA) is 81.7 Å². The van der Waals surface area contributed by atoms with Gasteiger partial charge in [-0.25, -0.2) is 4.98 Å². The molecule has 3 heterocycles. The predicted octanol–water partition coefficient (Wildman–Crippen LogP) is 3.45. The van der Waals surface area contributed by atoms with Gasteiger partial charge in [0.25, 0.3) is 5.89 Å². The molecule has 0 fully saturated rings. The van der Waals surface area contributed by atoms with Gasteiger partial charge in [-0.2, -0.15) is 10.1 Å². The molecule has 1 aromatic carbocycles. The molecule has 3 aromatic heterocycles. The standard InChI is InChI=1S/C19H18N6O/c1-13-23-19(26-24-13)17-7-4-8-20-18(17)21-10-14-5-3-6-15(9-14)16-11-22-25(2)12-16/h3-9,11-12H,10H2,1-2H3,(H,20,21). The van der Waals surface area contributed by atoms with Crippen LogP contribution in [0.15, 0.2) is 59.5 Å². The molecule has 4 rings (SSSR count). The molecule has 0 aliphatic carbocycles. The predicted molar refractivity (Wildman–Crippen MR) is 98.2 cm³/mol. The van der Waals surface area contributed by atoms with Crippen LogP contribution in [0, 0.1) is 6.92 Å². The molecule has 0 saturated heterocycles. The number of nitrogens with zero attached hydrogens (tertiary/aromatic N) is 5. The Morgan fingerprint density at radius 1 is 1.15 bits per heavy atom. The van der Waals surface area contributed by atoms with Crippen LogP contribution in [0.5, 0.6) is 0 Å². The van der Waals surface area contributed by atoms with Crippen LogP contribution >= 0.6 is 0 Å². The van der Waals surface area contributed by atoms with E-state index in [1.165, 1.54) is 0 Å². The Kier molecular flexibility index (Phi) is 4.18. The molecular weight excluding hydrogens is 328 g/mol. The summed E-state index contributed by atoms with van der Waals surface area (Å²) in [6, 6.07) is 12.1. The van der Waals surface area contributed by atoms with Crippen LogP contribution in [0.4, 0.5) is 5.82 Å². The molecule has 26 heavy (non-hydrogen) atoms. The van der Waals surface area contributed by atoms with E-state index >= 15 is 0 Å². The van der Waals surface area contributed by atoms with E-state index in [2.05, 4.69) is 43.7 Å². The maximum Gasteiger partial charge on any atom is 0.261 e. The van der Waals surface area contributed by atoms with Gasteiger partial charge in [0, 0.05) is 31.5 Å². The summed E-state index contributed by atoms with van der Waals surface area (Å²) in [5, 5.41) is 11.4. The highest BCUT2D eigenvalue weighted by molar-refractivity contribution is 5.69. The minimum Gasteiger partial charge on any atom is -0.365 e. The average Bonchev–Trinajstić information content (AvgIpc) is 3.29. The maximum atomic E-state index is 5.27. The maximum absolute atomic E-state index is 5.27. The van der Waals surface area contributed by atoms with E-state index in [4.69, 9.17) is 4.52 Å². The zero-order chi connectivity index (χ0) is 17.9. The number of rotatable bonds is 5. The average molecular weight is 346 g/mol. The first-order valence-electron chi connectivity index (χ1n) is 8.26. The molecule has 0 amide bonds. The lowest BCUT2D eigenvalue weighted by atomic mass is 10.1. The van der Waals surface area contributed by atoms with Gasteiger partial charge < -0.3 is 9.84 Å². The lowest BCUT2D eigenvalue weighted by Crippen LogP contribution is -2.03. The third-order valence-electron chi connectivity index (χ3n) is 3.99. The van der Waals surface area contributed by atoms with Crippen molar-refractivity contribution < 1.29 is 4.52 Å². The Labute approximate surface area is 150 Å². The second-order valence-corrected chi connectivity index (χ2v) is 6.00. The Hall–Kier alpha value is -3.48. The molecule has 130 valence electrons. The number of benzene rings is 1. The number of pyridine rings is 1. The first kappa shape index (κ1) is 16.0. The lowest BCUT2D eigenvalue weighted by Gasteiger charge is -2.09. The van der Waals surface area contributed by atoms with Gasteiger partial charge in [-0.3, -0.25) is 4.68 Å². The van der Waals surface area contributed by atoms with Gasteiger partial charge in [-0.1, -0.05) is 23.4 Å². The summed E-state index contributed by atoms with van der Waals surface area (Å²) in [7, 11) is 1.91. The monoisotopic (exact) mass is 346 g/mol. The van der Waals surface area contributed by atoms with Gasteiger partial charge in [-0.15, -0.1) is 0 Å². The summed E-state index contributed by atoms with van der Waals surface area (Å²) < 4.78 is 7.07. The zero-order valence-electron chi connectivity index (χ0n) is 14.5. The Morgan fingerprint density at radius 3 is 2.85 bits per heavy atom. The molecule has 0 aliphatic heterocycles. The molecule has 0 unspecified atom stereocenters. The van der Waals surface area contributed by atoms with E-state index in [9.17, 15) is 0 Å². The van der Waals surface area contributed by atoms with Gasteiger partial charge in [-0.05, 0) is 36.2 Å². The van der Waals surface area contributed by atoms with Crippen molar-refractivity contribution in [2.24, 2.45) is 7.05 Å². The summed E-state index contributed by atoms with van der Waals surface area (Å²) in [5.74, 6) is 1.77. The highest BCUT2D eigenvalue weighted by Gasteiger charge is 2.12. The number of aryl methyl sites for hydroxylation is 2. The molecule has 7 heteroatoms. The summed E-state index contributed by atoms with van der Waals surface area (Å²) in [5.41, 5.74) is 4.15. The fourth-order valence-electron chi connectivity index (χ4n) is 2.74. The van der Waals surface area contributed by atoms with E-state index in [1.54, 1.807) is 17.8 Å². The molecule has 0 bridgehead atoms. The summed E-state index contributed by atoms with van der Waals surface area (Å²) in [6.45, 7) is 2.42. The Balaban J connectivity index is 1.55. The normalized spacial score (nSPS) is 10.8. The van der Waals surface area contributed by atoms with Gasteiger partial charge in [0.05, 0.1) is 11.8 Å². The van der Waals surface area contributed by atoms with E-state index < -0.39 is 0 Å². The number of hydrogen-bond donors (Lipinski definition) is 1. The molecule has 0 atom stereocenters. The molecule has 0 aliphatic rings. The summed E-state index contributed by atoms with van der Waals surface area (Å²) in [4.78, 5) is 8.70. The van der Waals surface area contributed by atoms with Crippen molar-refractivity contribution in [2.75, 3.05) is 5.32 Å². The second kappa shape index (κ2) is 6.79. The summed E-state index contributed by atoms with van der Waals surface area (Å²) >= 11 is 0. The third kappa shape index (κ3) is 3.32. The third-order valence-corrected chi connectivity index (χ3v) is 3.99. The fourth-order valence-corrected chi connectivity index (χ4v) is 2.74.